The average molecular weight is 291 g/mol. The number of amides is 1. The van der Waals surface area contributed by atoms with E-state index in [1.807, 2.05) is 11.0 Å². The molecule has 2 aliphatic rings. The first-order valence-corrected chi connectivity index (χ1v) is 7.39. The van der Waals surface area contributed by atoms with Gasteiger partial charge >= 0.3 is 0 Å². The van der Waals surface area contributed by atoms with Gasteiger partial charge in [-0.15, -0.1) is 0 Å². The van der Waals surface area contributed by atoms with Gasteiger partial charge in [0.15, 0.2) is 0 Å². The molecule has 1 aromatic carbocycles. The van der Waals surface area contributed by atoms with Gasteiger partial charge in [-0.3, -0.25) is 4.79 Å². The number of rotatable bonds is 0. The Morgan fingerprint density at radius 3 is 3.05 bits per heavy atom. The van der Waals surface area contributed by atoms with E-state index in [0.717, 1.165) is 25.1 Å². The normalized spacial score (nSPS) is 19.7. The van der Waals surface area contributed by atoms with Crippen LogP contribution in [0.4, 0.5) is 0 Å². The van der Waals surface area contributed by atoms with Crippen LogP contribution >= 0.6 is 0 Å². The van der Waals surface area contributed by atoms with Gasteiger partial charge in [0.2, 0.25) is 0 Å². The highest BCUT2D eigenvalue weighted by Crippen LogP contribution is 2.37. The van der Waals surface area contributed by atoms with Crippen molar-refractivity contribution in [1.29, 1.82) is 0 Å². The number of nitrogens with zero attached hydrogens (tertiary/aromatic N) is 5. The minimum Gasteiger partial charge on any atom is -0.331 e. The summed E-state index contributed by atoms with van der Waals surface area (Å²) in [5, 5.41) is 4.23. The van der Waals surface area contributed by atoms with Crippen LogP contribution in [0.2, 0.25) is 0 Å². The summed E-state index contributed by atoms with van der Waals surface area (Å²) in [4.78, 5) is 23.2. The van der Waals surface area contributed by atoms with E-state index in [2.05, 4.69) is 33.3 Å². The summed E-state index contributed by atoms with van der Waals surface area (Å²) in [6.07, 6.45) is 4.78. The molecule has 4 heterocycles. The fraction of sp³-hybridized carbons (Fsp3) is 0.250. The van der Waals surface area contributed by atoms with E-state index < -0.39 is 0 Å². The SMILES string of the molecule is O=C1c2cnc3ncnn3c2C[C@@H]2c3ccccc3CCN12. The molecule has 1 amide bonds. The lowest BCUT2D eigenvalue weighted by Gasteiger charge is -2.40. The summed E-state index contributed by atoms with van der Waals surface area (Å²) in [6.45, 7) is 0.759. The second-order valence-corrected chi connectivity index (χ2v) is 5.76. The predicted octanol–water partition coefficient (Wildman–Crippen LogP) is 1.42. The maximum atomic E-state index is 12.9. The van der Waals surface area contributed by atoms with Gasteiger partial charge in [-0.2, -0.15) is 10.1 Å². The molecule has 2 aliphatic heterocycles. The van der Waals surface area contributed by atoms with Crippen molar-refractivity contribution < 1.29 is 4.79 Å². The minimum atomic E-state index is 0.0469. The van der Waals surface area contributed by atoms with Gasteiger partial charge in [-0.05, 0) is 17.5 Å². The van der Waals surface area contributed by atoms with Crippen molar-refractivity contribution in [3.63, 3.8) is 0 Å². The molecule has 0 saturated heterocycles. The lowest BCUT2D eigenvalue weighted by molar-refractivity contribution is 0.0626. The van der Waals surface area contributed by atoms with Crippen molar-refractivity contribution in [2.24, 2.45) is 0 Å². The van der Waals surface area contributed by atoms with Crippen LogP contribution in [0.15, 0.2) is 36.8 Å². The van der Waals surface area contributed by atoms with Crippen LogP contribution in [-0.2, 0) is 12.8 Å². The van der Waals surface area contributed by atoms with E-state index in [1.165, 1.54) is 17.5 Å². The van der Waals surface area contributed by atoms with Crippen molar-refractivity contribution in [2.45, 2.75) is 18.9 Å². The first kappa shape index (κ1) is 11.9. The Labute approximate surface area is 126 Å². The Balaban J connectivity index is 1.73. The van der Waals surface area contributed by atoms with Crippen molar-refractivity contribution in [3.8, 4) is 0 Å². The smallest absolute Gasteiger partial charge is 0.257 e. The van der Waals surface area contributed by atoms with Gasteiger partial charge in [0.25, 0.3) is 11.7 Å². The summed E-state index contributed by atoms with van der Waals surface area (Å²) >= 11 is 0. The van der Waals surface area contributed by atoms with E-state index in [1.54, 1.807) is 10.7 Å². The molecule has 2 aromatic heterocycles. The lowest BCUT2D eigenvalue weighted by atomic mass is 9.86. The van der Waals surface area contributed by atoms with E-state index in [-0.39, 0.29) is 11.9 Å². The Kier molecular flexibility index (Phi) is 2.22. The molecule has 6 heteroatoms. The maximum Gasteiger partial charge on any atom is 0.257 e. The molecule has 0 bridgehead atoms. The topological polar surface area (TPSA) is 63.4 Å². The van der Waals surface area contributed by atoms with Crippen molar-refractivity contribution in [3.05, 3.63) is 59.2 Å². The number of benzene rings is 1. The molecule has 0 spiro atoms. The predicted molar refractivity (Wildman–Crippen MR) is 78.4 cm³/mol. The van der Waals surface area contributed by atoms with E-state index in [4.69, 9.17) is 0 Å². The molecule has 0 fully saturated rings. The third-order valence-electron chi connectivity index (χ3n) is 4.70. The first-order valence-electron chi connectivity index (χ1n) is 7.39. The van der Waals surface area contributed by atoms with Gasteiger partial charge in [0.1, 0.15) is 6.33 Å². The molecule has 0 radical (unpaired) electrons. The van der Waals surface area contributed by atoms with Crippen LogP contribution in [-0.4, -0.2) is 36.9 Å². The summed E-state index contributed by atoms with van der Waals surface area (Å²) in [5.74, 6) is 0.592. The van der Waals surface area contributed by atoms with Crippen LogP contribution in [0.3, 0.4) is 0 Å². The van der Waals surface area contributed by atoms with Crippen LogP contribution in [0, 0.1) is 0 Å². The number of fused-ring (bicyclic) bond motifs is 6. The summed E-state index contributed by atoms with van der Waals surface area (Å²) in [5.41, 5.74) is 4.14. The fourth-order valence-electron chi connectivity index (χ4n) is 3.65. The van der Waals surface area contributed by atoms with Crippen LogP contribution in [0.5, 0.6) is 0 Å². The number of aromatic nitrogens is 4. The van der Waals surface area contributed by atoms with Crippen LogP contribution in [0.1, 0.15) is 33.2 Å². The summed E-state index contributed by atoms with van der Waals surface area (Å²) in [6, 6.07) is 8.47. The van der Waals surface area contributed by atoms with Gasteiger partial charge in [0, 0.05) is 19.2 Å². The van der Waals surface area contributed by atoms with Crippen molar-refractivity contribution in [1.82, 2.24) is 24.5 Å². The Morgan fingerprint density at radius 2 is 2.09 bits per heavy atom. The second-order valence-electron chi connectivity index (χ2n) is 5.76. The highest BCUT2D eigenvalue weighted by Gasteiger charge is 2.38. The Morgan fingerprint density at radius 1 is 1.18 bits per heavy atom. The van der Waals surface area contributed by atoms with Gasteiger partial charge in [-0.25, -0.2) is 9.50 Å². The van der Waals surface area contributed by atoms with Gasteiger partial charge in [-0.1, -0.05) is 24.3 Å². The monoisotopic (exact) mass is 291 g/mol. The molecule has 0 unspecified atom stereocenters. The maximum absolute atomic E-state index is 12.9. The third-order valence-corrected chi connectivity index (χ3v) is 4.70. The van der Waals surface area contributed by atoms with E-state index >= 15 is 0 Å². The molecule has 0 saturated carbocycles. The number of hydrogen-bond donors (Lipinski definition) is 0. The quantitative estimate of drug-likeness (QED) is 0.628. The molecule has 22 heavy (non-hydrogen) atoms. The Bertz CT molecular complexity index is 916. The third kappa shape index (κ3) is 1.44. The zero-order chi connectivity index (χ0) is 14.7. The molecular formula is C16H13N5O. The average Bonchev–Trinajstić information content (AvgIpc) is 3.04. The standard InChI is InChI=1S/C16H13N5O/c22-15-12-8-17-16-18-9-19-21(16)14(12)7-13-11-4-2-1-3-10(11)5-6-20(13)15/h1-4,8-9,13H,5-7H2/t13-/m1/s1. The minimum absolute atomic E-state index is 0.0469. The number of carbonyl (C=O) groups excluding carboxylic acids is 1. The Hall–Kier alpha value is -2.76. The summed E-state index contributed by atoms with van der Waals surface area (Å²) < 4.78 is 1.70. The highest BCUT2D eigenvalue weighted by molar-refractivity contribution is 5.96. The summed E-state index contributed by atoms with van der Waals surface area (Å²) in [7, 11) is 0. The zero-order valence-corrected chi connectivity index (χ0v) is 11.8. The van der Waals surface area contributed by atoms with Gasteiger partial charge in [0.05, 0.1) is 17.3 Å². The second kappa shape index (κ2) is 4.13. The molecular weight excluding hydrogens is 278 g/mol. The van der Waals surface area contributed by atoms with E-state index in [9.17, 15) is 4.79 Å². The zero-order valence-electron chi connectivity index (χ0n) is 11.8. The van der Waals surface area contributed by atoms with Crippen LogP contribution in [0.25, 0.3) is 5.78 Å². The number of carbonyl (C=O) groups is 1. The van der Waals surface area contributed by atoms with Gasteiger partial charge < -0.3 is 4.90 Å². The molecule has 1 atom stereocenters. The van der Waals surface area contributed by atoms with Crippen molar-refractivity contribution >= 4 is 11.7 Å². The molecule has 108 valence electrons. The molecule has 3 aromatic rings. The lowest BCUT2D eigenvalue weighted by Crippen LogP contribution is -2.45. The van der Waals surface area contributed by atoms with E-state index in [0.29, 0.717) is 11.3 Å². The highest BCUT2D eigenvalue weighted by atomic mass is 16.2. The first-order chi connectivity index (χ1) is 10.8. The molecule has 0 aliphatic carbocycles. The largest absolute Gasteiger partial charge is 0.331 e. The van der Waals surface area contributed by atoms with Crippen molar-refractivity contribution in [2.75, 3.05) is 6.54 Å². The fourth-order valence-corrected chi connectivity index (χ4v) is 3.65. The van der Waals surface area contributed by atoms with Crippen LogP contribution < -0.4 is 0 Å². The molecule has 5 rings (SSSR count). The molecule has 0 N–H and O–H groups in total. The molecule has 6 nitrogen and oxygen atoms in total. The number of hydrogen-bond acceptors (Lipinski definition) is 4.